The maximum Gasteiger partial charge on any atom is 0.303 e. The maximum atomic E-state index is 10.4. The van der Waals surface area contributed by atoms with E-state index in [1.165, 1.54) is 25.7 Å². The van der Waals surface area contributed by atoms with E-state index in [-0.39, 0.29) is 6.42 Å². The molecule has 1 N–H and O–H groups in total. The maximum absolute atomic E-state index is 10.4. The van der Waals surface area contributed by atoms with Crippen molar-refractivity contribution in [3.8, 4) is 0 Å². The highest BCUT2D eigenvalue weighted by Crippen LogP contribution is 2.30. The quantitative estimate of drug-likeness (QED) is 0.826. The van der Waals surface area contributed by atoms with Gasteiger partial charge in [-0.05, 0) is 19.3 Å². The van der Waals surface area contributed by atoms with E-state index in [2.05, 4.69) is 14.8 Å². The average molecular weight is 223 g/mol. The summed E-state index contributed by atoms with van der Waals surface area (Å²) in [5.74, 6) is 0.195. The lowest BCUT2D eigenvalue weighted by Gasteiger charge is -2.13. The zero-order chi connectivity index (χ0) is 11.4. The van der Waals surface area contributed by atoms with E-state index in [0.29, 0.717) is 18.9 Å². The molecule has 1 aliphatic carbocycles. The van der Waals surface area contributed by atoms with Gasteiger partial charge in [0.1, 0.15) is 12.2 Å². The number of aliphatic carboxylic acids is 1. The SMILES string of the molecule is O=C(O)CCCc1nncn1C1CCCC1. The Morgan fingerprint density at radius 3 is 2.94 bits per heavy atom. The van der Waals surface area contributed by atoms with E-state index in [1.807, 2.05) is 0 Å². The molecule has 1 aliphatic rings. The molecule has 5 heteroatoms. The lowest BCUT2D eigenvalue weighted by molar-refractivity contribution is -0.137. The van der Waals surface area contributed by atoms with Gasteiger partial charge in [-0.15, -0.1) is 10.2 Å². The molecule has 1 aromatic heterocycles. The standard InChI is InChI=1S/C11H17N3O2/c15-11(16)7-3-6-10-13-12-8-14(10)9-4-1-2-5-9/h8-9H,1-7H2,(H,15,16). The third-order valence-corrected chi connectivity index (χ3v) is 3.16. The van der Waals surface area contributed by atoms with E-state index >= 15 is 0 Å². The van der Waals surface area contributed by atoms with Crippen molar-refractivity contribution in [1.29, 1.82) is 0 Å². The number of aryl methyl sites for hydroxylation is 1. The fourth-order valence-corrected chi connectivity index (χ4v) is 2.33. The van der Waals surface area contributed by atoms with E-state index in [4.69, 9.17) is 5.11 Å². The van der Waals surface area contributed by atoms with Crippen LogP contribution >= 0.6 is 0 Å². The summed E-state index contributed by atoms with van der Waals surface area (Å²) >= 11 is 0. The summed E-state index contributed by atoms with van der Waals surface area (Å²) in [5.41, 5.74) is 0. The molecule has 1 saturated carbocycles. The first-order chi connectivity index (χ1) is 7.77. The van der Waals surface area contributed by atoms with E-state index in [9.17, 15) is 4.79 Å². The molecular weight excluding hydrogens is 206 g/mol. The van der Waals surface area contributed by atoms with E-state index < -0.39 is 5.97 Å². The van der Waals surface area contributed by atoms with Gasteiger partial charge in [-0.25, -0.2) is 0 Å². The first-order valence-corrected chi connectivity index (χ1v) is 5.87. The largest absolute Gasteiger partial charge is 0.481 e. The van der Waals surface area contributed by atoms with Crippen LogP contribution in [0.5, 0.6) is 0 Å². The third-order valence-electron chi connectivity index (χ3n) is 3.16. The molecule has 0 radical (unpaired) electrons. The van der Waals surface area contributed by atoms with Crippen molar-refractivity contribution in [2.75, 3.05) is 0 Å². The molecule has 5 nitrogen and oxygen atoms in total. The van der Waals surface area contributed by atoms with Crippen LogP contribution in [-0.2, 0) is 11.2 Å². The van der Waals surface area contributed by atoms with Crippen molar-refractivity contribution in [2.45, 2.75) is 51.0 Å². The second kappa shape index (κ2) is 5.09. The average Bonchev–Trinajstić information content (AvgIpc) is 2.84. The van der Waals surface area contributed by atoms with Crippen LogP contribution in [0.1, 0.15) is 50.4 Å². The molecule has 0 aliphatic heterocycles. The predicted molar refractivity (Wildman–Crippen MR) is 58.1 cm³/mol. The fourth-order valence-electron chi connectivity index (χ4n) is 2.33. The van der Waals surface area contributed by atoms with Gasteiger partial charge in [-0.3, -0.25) is 4.79 Å². The molecule has 1 aromatic rings. The third kappa shape index (κ3) is 2.59. The number of hydrogen-bond donors (Lipinski definition) is 1. The summed E-state index contributed by atoms with van der Waals surface area (Å²) in [5, 5.41) is 16.6. The zero-order valence-corrected chi connectivity index (χ0v) is 9.30. The number of nitrogens with zero attached hydrogens (tertiary/aromatic N) is 3. The Morgan fingerprint density at radius 1 is 1.50 bits per heavy atom. The minimum atomic E-state index is -0.744. The highest BCUT2D eigenvalue weighted by Gasteiger charge is 2.19. The van der Waals surface area contributed by atoms with Crippen molar-refractivity contribution in [3.05, 3.63) is 12.2 Å². The molecule has 0 saturated heterocycles. The minimum absolute atomic E-state index is 0.206. The molecule has 88 valence electrons. The number of carbonyl (C=O) groups is 1. The molecule has 0 unspecified atom stereocenters. The van der Waals surface area contributed by atoms with Crippen LogP contribution in [-0.4, -0.2) is 25.8 Å². The van der Waals surface area contributed by atoms with Gasteiger partial charge in [0.25, 0.3) is 0 Å². The second-order valence-electron chi connectivity index (χ2n) is 4.34. The summed E-state index contributed by atoms with van der Waals surface area (Å²) in [6.45, 7) is 0. The zero-order valence-electron chi connectivity index (χ0n) is 9.30. The van der Waals surface area contributed by atoms with Crippen LogP contribution in [0, 0.1) is 0 Å². The highest BCUT2D eigenvalue weighted by atomic mass is 16.4. The monoisotopic (exact) mass is 223 g/mol. The summed E-state index contributed by atoms with van der Waals surface area (Å²) in [6, 6.07) is 0.537. The molecule has 0 bridgehead atoms. The number of rotatable bonds is 5. The summed E-state index contributed by atoms with van der Waals surface area (Å²) in [4.78, 5) is 10.4. The second-order valence-corrected chi connectivity index (χ2v) is 4.34. The van der Waals surface area contributed by atoms with Crippen LogP contribution < -0.4 is 0 Å². The van der Waals surface area contributed by atoms with Gasteiger partial charge in [-0.2, -0.15) is 0 Å². The molecule has 2 rings (SSSR count). The van der Waals surface area contributed by atoms with Crippen molar-refractivity contribution in [1.82, 2.24) is 14.8 Å². The molecule has 0 aromatic carbocycles. The van der Waals surface area contributed by atoms with Crippen LogP contribution in [0.4, 0.5) is 0 Å². The van der Waals surface area contributed by atoms with E-state index in [1.54, 1.807) is 6.33 Å². The van der Waals surface area contributed by atoms with Crippen molar-refractivity contribution >= 4 is 5.97 Å². The van der Waals surface area contributed by atoms with Gasteiger partial charge < -0.3 is 9.67 Å². The Morgan fingerprint density at radius 2 is 2.25 bits per heavy atom. The Balaban J connectivity index is 1.93. The first kappa shape index (κ1) is 11.1. The molecule has 0 amide bonds. The topological polar surface area (TPSA) is 68.0 Å². The predicted octanol–water partition coefficient (Wildman–Crippen LogP) is 1.80. The van der Waals surface area contributed by atoms with Crippen LogP contribution in [0.3, 0.4) is 0 Å². The molecule has 1 heterocycles. The fraction of sp³-hybridized carbons (Fsp3) is 0.727. The molecular formula is C11H17N3O2. The van der Waals surface area contributed by atoms with Gasteiger partial charge in [-0.1, -0.05) is 12.8 Å². The Hall–Kier alpha value is -1.39. The van der Waals surface area contributed by atoms with Crippen LogP contribution in [0.25, 0.3) is 0 Å². The van der Waals surface area contributed by atoms with Crippen molar-refractivity contribution < 1.29 is 9.90 Å². The molecule has 0 atom stereocenters. The lowest BCUT2D eigenvalue weighted by Crippen LogP contribution is -2.09. The number of carboxylic acid groups (broad SMARTS) is 1. The number of carboxylic acids is 1. The lowest BCUT2D eigenvalue weighted by atomic mass is 10.2. The number of aromatic nitrogens is 3. The van der Waals surface area contributed by atoms with E-state index in [0.717, 1.165) is 5.82 Å². The van der Waals surface area contributed by atoms with Crippen LogP contribution in [0.15, 0.2) is 6.33 Å². The smallest absolute Gasteiger partial charge is 0.303 e. The molecule has 16 heavy (non-hydrogen) atoms. The van der Waals surface area contributed by atoms with Gasteiger partial charge in [0.15, 0.2) is 0 Å². The van der Waals surface area contributed by atoms with Crippen molar-refractivity contribution in [2.24, 2.45) is 0 Å². The molecule has 1 fully saturated rings. The van der Waals surface area contributed by atoms with Gasteiger partial charge in [0, 0.05) is 18.9 Å². The summed E-state index contributed by atoms with van der Waals surface area (Å²) in [7, 11) is 0. The normalized spacial score (nSPS) is 16.8. The molecule has 0 spiro atoms. The highest BCUT2D eigenvalue weighted by molar-refractivity contribution is 5.66. The Kier molecular flexibility index (Phi) is 3.54. The summed E-state index contributed by atoms with van der Waals surface area (Å²) in [6.07, 6.45) is 8.29. The summed E-state index contributed by atoms with van der Waals surface area (Å²) < 4.78 is 2.13. The minimum Gasteiger partial charge on any atom is -0.481 e. The van der Waals surface area contributed by atoms with Gasteiger partial charge >= 0.3 is 5.97 Å². The van der Waals surface area contributed by atoms with Gasteiger partial charge in [0.05, 0.1) is 0 Å². The Labute approximate surface area is 94.5 Å². The first-order valence-electron chi connectivity index (χ1n) is 5.87. The van der Waals surface area contributed by atoms with Crippen molar-refractivity contribution in [3.63, 3.8) is 0 Å². The van der Waals surface area contributed by atoms with Crippen LogP contribution in [0.2, 0.25) is 0 Å². The number of hydrogen-bond acceptors (Lipinski definition) is 3. The Bertz CT molecular complexity index is 356. The van der Waals surface area contributed by atoms with Gasteiger partial charge in [0.2, 0.25) is 0 Å².